The van der Waals surface area contributed by atoms with Crippen LogP contribution in [0.3, 0.4) is 0 Å². The van der Waals surface area contributed by atoms with E-state index in [1.54, 1.807) is 7.11 Å². The van der Waals surface area contributed by atoms with Crippen molar-refractivity contribution in [2.45, 2.75) is 88.6 Å². The number of hydrogen-bond donors (Lipinski definition) is 2. The third kappa shape index (κ3) is 1.98. The molecule has 2 N–H and O–H groups in total. The fourth-order valence-electron chi connectivity index (χ4n) is 8.68. The first-order valence-electron chi connectivity index (χ1n) is 12.0. The minimum absolute atomic E-state index is 0.00105. The van der Waals surface area contributed by atoms with Crippen LogP contribution in [0.15, 0.2) is 12.1 Å². The van der Waals surface area contributed by atoms with E-state index in [1.165, 1.54) is 11.1 Å². The summed E-state index contributed by atoms with van der Waals surface area (Å²) >= 11 is 0. The molecule has 1 unspecified atom stereocenters. The summed E-state index contributed by atoms with van der Waals surface area (Å²) in [7, 11) is 3.57. The number of fused-ring (bicyclic) bond motifs is 2. The molecule has 5 heteroatoms. The van der Waals surface area contributed by atoms with Gasteiger partial charge in [0.05, 0.1) is 12.7 Å². The lowest BCUT2D eigenvalue weighted by atomic mass is 9.33. The van der Waals surface area contributed by atoms with E-state index < -0.39 is 11.2 Å². The van der Waals surface area contributed by atoms with Crippen LogP contribution < -0.4 is 14.8 Å². The quantitative estimate of drug-likeness (QED) is 0.772. The normalized spacial score (nSPS) is 43.8. The van der Waals surface area contributed by atoms with Gasteiger partial charge >= 0.3 is 0 Å². The van der Waals surface area contributed by atoms with Crippen LogP contribution in [0, 0.1) is 16.7 Å². The lowest BCUT2D eigenvalue weighted by molar-refractivity contribution is -0.303. The monoisotopic (exact) mass is 427 g/mol. The molecule has 4 aliphatic carbocycles. The van der Waals surface area contributed by atoms with Gasteiger partial charge in [-0.15, -0.1) is 0 Å². The second-order valence-corrected chi connectivity index (χ2v) is 12.0. The minimum Gasteiger partial charge on any atom is -0.493 e. The molecule has 0 amide bonds. The third-order valence-electron chi connectivity index (χ3n) is 10.6. The van der Waals surface area contributed by atoms with Gasteiger partial charge in [0.25, 0.3) is 0 Å². The van der Waals surface area contributed by atoms with Gasteiger partial charge in [-0.1, -0.05) is 26.8 Å². The molecule has 31 heavy (non-hydrogen) atoms. The van der Waals surface area contributed by atoms with Crippen LogP contribution in [0.1, 0.15) is 64.5 Å². The highest BCUT2D eigenvalue weighted by atomic mass is 16.6. The Hall–Kier alpha value is -1.30. The maximum Gasteiger partial charge on any atom is 0.165 e. The molecule has 2 spiro atoms. The molecule has 3 saturated carbocycles. The van der Waals surface area contributed by atoms with E-state index in [0.29, 0.717) is 6.04 Å². The van der Waals surface area contributed by atoms with Gasteiger partial charge in [-0.05, 0) is 62.6 Å². The van der Waals surface area contributed by atoms with E-state index in [0.717, 1.165) is 50.1 Å². The molecule has 1 aromatic rings. The second kappa shape index (κ2) is 5.78. The van der Waals surface area contributed by atoms with Gasteiger partial charge < -0.3 is 24.6 Å². The summed E-state index contributed by atoms with van der Waals surface area (Å²) < 4.78 is 19.3. The van der Waals surface area contributed by atoms with Gasteiger partial charge in [0.1, 0.15) is 11.7 Å². The first-order chi connectivity index (χ1) is 14.6. The van der Waals surface area contributed by atoms with Crippen LogP contribution in [-0.4, -0.2) is 49.2 Å². The van der Waals surface area contributed by atoms with Crippen molar-refractivity contribution in [3.05, 3.63) is 23.3 Å². The maximum atomic E-state index is 12.0. The lowest BCUT2D eigenvalue weighted by Crippen LogP contribution is -2.83. The minimum atomic E-state index is -0.880. The fraction of sp³-hybridized carbons (Fsp3) is 0.769. The van der Waals surface area contributed by atoms with E-state index in [9.17, 15) is 5.11 Å². The summed E-state index contributed by atoms with van der Waals surface area (Å²) in [4.78, 5) is 0. The lowest BCUT2D eigenvalue weighted by Gasteiger charge is -2.74. The van der Waals surface area contributed by atoms with Crippen LogP contribution in [0.5, 0.6) is 11.5 Å². The standard InChI is InChI=1S/C26H37NO4/c1-22(2,3)23(4,28)17-14-24-9-10-26(17,30-6)21-25(24)11-12-27-18(24)13-15-7-8-16(29-5)20(31-21)19(15)25/h7-8,17-18,21,27-28H,9-14H2,1-6H3/t17-,18-,21?,23-,24-,25+,26-/m1/s1. The van der Waals surface area contributed by atoms with Gasteiger partial charge in [-0.25, -0.2) is 0 Å². The van der Waals surface area contributed by atoms with Crippen LogP contribution in [-0.2, 0) is 16.6 Å². The summed E-state index contributed by atoms with van der Waals surface area (Å²) in [5.74, 6) is 1.77. The molecule has 4 bridgehead atoms. The average Bonchev–Trinajstić information content (AvgIpc) is 3.09. The summed E-state index contributed by atoms with van der Waals surface area (Å²) in [6.07, 6.45) is 4.99. The Bertz CT molecular complexity index is 951. The molecule has 6 aliphatic rings. The highest BCUT2D eigenvalue weighted by Crippen LogP contribution is 2.77. The Balaban J connectivity index is 1.64. The van der Waals surface area contributed by atoms with Crippen molar-refractivity contribution in [3.8, 4) is 11.5 Å². The van der Waals surface area contributed by atoms with Crippen molar-refractivity contribution in [3.63, 3.8) is 0 Å². The SMILES string of the molecule is COc1ccc2c3c1OC1[C@@]4(OC)CC[C@@]5(C[C@@H]4[C@@](C)(O)C(C)(C)C)[C@@H](C2)NCC[C@]315. The van der Waals surface area contributed by atoms with Gasteiger partial charge in [-0.3, -0.25) is 0 Å². The summed E-state index contributed by atoms with van der Waals surface area (Å²) in [5, 5.41) is 15.9. The second-order valence-electron chi connectivity index (χ2n) is 12.0. The molecule has 1 saturated heterocycles. The number of hydrogen-bond acceptors (Lipinski definition) is 5. The molecule has 4 fully saturated rings. The zero-order valence-corrected chi connectivity index (χ0v) is 19.8. The molecule has 0 aromatic heterocycles. The zero-order valence-electron chi connectivity index (χ0n) is 19.8. The van der Waals surface area contributed by atoms with E-state index >= 15 is 0 Å². The molecule has 7 rings (SSSR count). The topological polar surface area (TPSA) is 60.0 Å². The van der Waals surface area contributed by atoms with Crippen molar-refractivity contribution in [2.75, 3.05) is 20.8 Å². The van der Waals surface area contributed by atoms with Crippen molar-refractivity contribution < 1.29 is 19.3 Å². The molecule has 5 nitrogen and oxygen atoms in total. The predicted molar refractivity (Wildman–Crippen MR) is 119 cm³/mol. The van der Waals surface area contributed by atoms with Crippen LogP contribution in [0.4, 0.5) is 0 Å². The maximum absolute atomic E-state index is 12.0. The molecule has 2 heterocycles. The summed E-state index contributed by atoms with van der Waals surface area (Å²) in [6.45, 7) is 9.48. The van der Waals surface area contributed by atoms with E-state index in [2.05, 4.69) is 38.2 Å². The fourth-order valence-corrected chi connectivity index (χ4v) is 8.68. The first-order valence-corrected chi connectivity index (χ1v) is 12.0. The van der Waals surface area contributed by atoms with Crippen LogP contribution >= 0.6 is 0 Å². The van der Waals surface area contributed by atoms with Gasteiger partial charge in [0.2, 0.25) is 0 Å². The Morgan fingerprint density at radius 2 is 1.90 bits per heavy atom. The van der Waals surface area contributed by atoms with E-state index in [4.69, 9.17) is 14.2 Å². The Kier molecular flexibility index (Phi) is 3.79. The summed E-state index contributed by atoms with van der Waals surface area (Å²) in [5.41, 5.74) is 1.13. The Labute approximate surface area is 185 Å². The van der Waals surface area contributed by atoms with Gasteiger partial charge in [-0.2, -0.15) is 0 Å². The van der Waals surface area contributed by atoms with Crippen molar-refractivity contribution in [1.29, 1.82) is 0 Å². The molecule has 2 aliphatic heterocycles. The average molecular weight is 428 g/mol. The molecular weight excluding hydrogens is 390 g/mol. The van der Waals surface area contributed by atoms with Gasteiger partial charge in [0.15, 0.2) is 11.5 Å². The van der Waals surface area contributed by atoms with Crippen molar-refractivity contribution >= 4 is 0 Å². The third-order valence-corrected chi connectivity index (χ3v) is 10.6. The number of piperidine rings is 1. The Morgan fingerprint density at radius 3 is 2.58 bits per heavy atom. The first kappa shape index (κ1) is 20.3. The van der Waals surface area contributed by atoms with Crippen molar-refractivity contribution in [2.24, 2.45) is 16.7 Å². The largest absolute Gasteiger partial charge is 0.493 e. The molecular formula is C26H37NO4. The zero-order chi connectivity index (χ0) is 22.0. The number of ether oxygens (including phenoxy) is 3. The number of nitrogens with one attached hydrogen (secondary N) is 1. The highest BCUT2D eigenvalue weighted by molar-refractivity contribution is 5.63. The molecule has 170 valence electrons. The number of methoxy groups -OCH3 is 2. The molecule has 7 atom stereocenters. The van der Waals surface area contributed by atoms with Crippen LogP contribution in [0.2, 0.25) is 0 Å². The van der Waals surface area contributed by atoms with E-state index in [1.807, 2.05) is 14.0 Å². The molecule has 0 radical (unpaired) electrons. The number of benzene rings is 1. The smallest absolute Gasteiger partial charge is 0.165 e. The Morgan fingerprint density at radius 1 is 1.13 bits per heavy atom. The molecule has 1 aromatic carbocycles. The number of aliphatic hydroxyl groups is 1. The number of rotatable bonds is 3. The van der Waals surface area contributed by atoms with Crippen molar-refractivity contribution in [1.82, 2.24) is 5.32 Å². The highest BCUT2D eigenvalue weighted by Gasteiger charge is 2.81. The van der Waals surface area contributed by atoms with Gasteiger partial charge in [0, 0.05) is 35.5 Å². The predicted octanol–water partition coefficient (Wildman–Crippen LogP) is 3.59. The summed E-state index contributed by atoms with van der Waals surface area (Å²) in [6, 6.07) is 4.73. The van der Waals surface area contributed by atoms with Crippen LogP contribution in [0.25, 0.3) is 0 Å². The van der Waals surface area contributed by atoms with E-state index in [-0.39, 0.29) is 28.3 Å².